The van der Waals surface area contributed by atoms with Gasteiger partial charge in [0.05, 0.1) is 20.6 Å². The third kappa shape index (κ3) is 2.34. The highest BCUT2D eigenvalue weighted by Crippen LogP contribution is 2.43. The highest BCUT2D eigenvalue weighted by molar-refractivity contribution is 5.70. The van der Waals surface area contributed by atoms with Crippen LogP contribution >= 0.6 is 0 Å². The van der Waals surface area contributed by atoms with Gasteiger partial charge in [-0.15, -0.1) is 0 Å². The second-order valence-corrected chi connectivity index (χ2v) is 4.38. The molecule has 0 radical (unpaired) electrons. The maximum atomic E-state index is 11.4. The van der Waals surface area contributed by atoms with Crippen LogP contribution in [0, 0.1) is 0 Å². The molecule has 2 rings (SSSR count). The van der Waals surface area contributed by atoms with Gasteiger partial charge < -0.3 is 18.9 Å². The van der Waals surface area contributed by atoms with Crippen molar-refractivity contribution in [1.29, 1.82) is 0 Å². The number of esters is 1. The first-order chi connectivity index (χ1) is 8.58. The lowest BCUT2D eigenvalue weighted by atomic mass is 10.0. The van der Waals surface area contributed by atoms with Crippen molar-refractivity contribution >= 4 is 5.97 Å². The zero-order valence-corrected chi connectivity index (χ0v) is 10.7. The van der Waals surface area contributed by atoms with Crippen molar-refractivity contribution < 1.29 is 23.7 Å². The van der Waals surface area contributed by atoms with Crippen LogP contribution in [0.4, 0.5) is 0 Å². The highest BCUT2D eigenvalue weighted by Gasteiger charge is 2.37. The lowest BCUT2D eigenvalue weighted by molar-refractivity contribution is -0.146. The molecule has 5 nitrogen and oxygen atoms in total. The molecule has 0 fully saturated rings. The van der Waals surface area contributed by atoms with Gasteiger partial charge in [-0.3, -0.25) is 4.79 Å². The van der Waals surface area contributed by atoms with E-state index in [4.69, 9.17) is 14.2 Å². The second-order valence-electron chi connectivity index (χ2n) is 4.38. The average Bonchev–Trinajstić information content (AvgIpc) is 2.37. The molecule has 1 heterocycles. The van der Waals surface area contributed by atoms with Gasteiger partial charge >= 0.3 is 5.97 Å². The summed E-state index contributed by atoms with van der Waals surface area (Å²) in [6.45, 7) is 2.10. The molecule has 1 aliphatic heterocycles. The minimum absolute atomic E-state index is 0.126. The predicted octanol–water partition coefficient (Wildman–Crippen LogP) is 1.79. The predicted molar refractivity (Wildman–Crippen MR) is 64.2 cm³/mol. The van der Waals surface area contributed by atoms with E-state index in [0.717, 1.165) is 0 Å². The third-order valence-electron chi connectivity index (χ3n) is 2.79. The topological polar surface area (TPSA) is 54.0 Å². The van der Waals surface area contributed by atoms with Gasteiger partial charge in [-0.05, 0) is 19.1 Å². The molecule has 0 bridgehead atoms. The number of methoxy groups -OCH3 is 2. The van der Waals surface area contributed by atoms with Gasteiger partial charge in [0, 0.05) is 0 Å². The summed E-state index contributed by atoms with van der Waals surface area (Å²) in [4.78, 5) is 11.4. The molecule has 0 saturated heterocycles. The molecule has 0 aromatic heterocycles. The van der Waals surface area contributed by atoms with Gasteiger partial charge in [-0.2, -0.15) is 0 Å². The Morgan fingerprint density at radius 3 is 2.89 bits per heavy atom. The smallest absolute Gasteiger partial charge is 0.309 e. The lowest BCUT2D eigenvalue weighted by Gasteiger charge is -2.35. The van der Waals surface area contributed by atoms with Gasteiger partial charge in [-0.1, -0.05) is 6.07 Å². The summed E-state index contributed by atoms with van der Waals surface area (Å²) in [5.41, 5.74) is -0.741. The third-order valence-corrected chi connectivity index (χ3v) is 2.79. The number of benzene rings is 1. The normalized spacial score (nSPS) is 21.3. The summed E-state index contributed by atoms with van der Waals surface area (Å²) >= 11 is 0. The minimum atomic E-state index is -0.741. The van der Waals surface area contributed by atoms with E-state index in [1.807, 2.05) is 6.07 Å². The Labute approximate surface area is 106 Å². The first-order valence-corrected chi connectivity index (χ1v) is 5.63. The number of rotatable bonds is 3. The summed E-state index contributed by atoms with van der Waals surface area (Å²) < 4.78 is 21.4. The van der Waals surface area contributed by atoms with Crippen molar-refractivity contribution in [2.24, 2.45) is 0 Å². The van der Waals surface area contributed by atoms with Gasteiger partial charge in [0.1, 0.15) is 6.61 Å². The van der Waals surface area contributed by atoms with E-state index >= 15 is 0 Å². The first-order valence-electron chi connectivity index (χ1n) is 5.63. The number of carbonyl (C=O) groups excluding carboxylic acids is 1. The molecule has 98 valence electrons. The van der Waals surface area contributed by atoms with E-state index < -0.39 is 5.60 Å². The molecular weight excluding hydrogens is 236 g/mol. The maximum absolute atomic E-state index is 11.4. The van der Waals surface area contributed by atoms with E-state index in [1.165, 1.54) is 7.11 Å². The Bertz CT molecular complexity index is 442. The number of hydrogen-bond donors (Lipinski definition) is 0. The molecule has 1 aliphatic rings. The number of carbonyl (C=O) groups is 1. The molecule has 1 atom stereocenters. The zero-order valence-electron chi connectivity index (χ0n) is 10.7. The number of ether oxygens (including phenoxy) is 4. The maximum Gasteiger partial charge on any atom is 0.309 e. The van der Waals surface area contributed by atoms with Gasteiger partial charge in [0.2, 0.25) is 5.75 Å². The van der Waals surface area contributed by atoms with E-state index in [2.05, 4.69) is 4.74 Å². The summed E-state index contributed by atoms with van der Waals surface area (Å²) in [6, 6.07) is 5.41. The van der Waals surface area contributed by atoms with Crippen molar-refractivity contribution in [2.75, 3.05) is 20.8 Å². The molecule has 1 aromatic rings. The van der Waals surface area contributed by atoms with Crippen LogP contribution in [0.15, 0.2) is 18.2 Å². The largest absolute Gasteiger partial charge is 0.493 e. The molecular formula is C13H16O5. The van der Waals surface area contributed by atoms with Gasteiger partial charge in [0.15, 0.2) is 17.1 Å². The zero-order chi connectivity index (χ0) is 13.2. The molecule has 0 spiro atoms. The van der Waals surface area contributed by atoms with Crippen LogP contribution in [-0.2, 0) is 9.53 Å². The van der Waals surface area contributed by atoms with Crippen molar-refractivity contribution in [2.45, 2.75) is 18.9 Å². The molecule has 18 heavy (non-hydrogen) atoms. The number of fused-ring (bicyclic) bond motifs is 1. The van der Waals surface area contributed by atoms with Crippen molar-refractivity contribution in [3.05, 3.63) is 18.2 Å². The van der Waals surface area contributed by atoms with Gasteiger partial charge in [0.25, 0.3) is 0 Å². The number of hydrogen-bond acceptors (Lipinski definition) is 5. The van der Waals surface area contributed by atoms with E-state index in [-0.39, 0.29) is 12.4 Å². The molecule has 0 aliphatic carbocycles. The fourth-order valence-electron chi connectivity index (χ4n) is 1.84. The van der Waals surface area contributed by atoms with E-state index in [1.54, 1.807) is 26.2 Å². The molecule has 1 aromatic carbocycles. The first kappa shape index (κ1) is 12.5. The van der Waals surface area contributed by atoms with E-state index in [0.29, 0.717) is 23.9 Å². The summed E-state index contributed by atoms with van der Waals surface area (Å²) in [6.07, 6.45) is 0.126. The Hall–Kier alpha value is -1.91. The quantitative estimate of drug-likeness (QED) is 0.768. The minimum Gasteiger partial charge on any atom is -0.493 e. The monoisotopic (exact) mass is 252 g/mol. The lowest BCUT2D eigenvalue weighted by Crippen LogP contribution is -2.44. The summed E-state index contributed by atoms with van der Waals surface area (Å²) in [7, 11) is 2.91. The number of para-hydroxylation sites is 1. The molecule has 0 saturated carbocycles. The Balaban J connectivity index is 2.25. The SMILES string of the molecule is COC(=O)C[C@]1(C)COc2cccc(OC)c2O1. The Kier molecular flexibility index (Phi) is 3.32. The van der Waals surface area contributed by atoms with Crippen LogP contribution in [0.25, 0.3) is 0 Å². The fourth-order valence-corrected chi connectivity index (χ4v) is 1.84. The van der Waals surface area contributed by atoms with Crippen LogP contribution in [0.1, 0.15) is 13.3 Å². The highest BCUT2D eigenvalue weighted by atomic mass is 16.6. The average molecular weight is 252 g/mol. The van der Waals surface area contributed by atoms with Crippen LogP contribution in [0.2, 0.25) is 0 Å². The van der Waals surface area contributed by atoms with Crippen LogP contribution in [0.3, 0.4) is 0 Å². The van der Waals surface area contributed by atoms with Crippen molar-refractivity contribution in [3.63, 3.8) is 0 Å². The Morgan fingerprint density at radius 1 is 1.44 bits per heavy atom. The molecule has 0 amide bonds. The second kappa shape index (κ2) is 4.76. The molecule has 5 heteroatoms. The molecule has 0 N–H and O–H groups in total. The standard InChI is InChI=1S/C13H16O5/c1-13(7-11(14)16-3)8-17-10-6-4-5-9(15-2)12(10)18-13/h4-6H,7-8H2,1-3H3/t13-/m1/s1. The fraction of sp³-hybridized carbons (Fsp3) is 0.462. The van der Waals surface area contributed by atoms with Crippen LogP contribution in [0.5, 0.6) is 17.2 Å². The summed E-state index contributed by atoms with van der Waals surface area (Å²) in [5, 5.41) is 0. The van der Waals surface area contributed by atoms with E-state index in [9.17, 15) is 4.79 Å². The van der Waals surface area contributed by atoms with Crippen LogP contribution in [-0.4, -0.2) is 32.4 Å². The van der Waals surface area contributed by atoms with Gasteiger partial charge in [-0.25, -0.2) is 0 Å². The van der Waals surface area contributed by atoms with Crippen molar-refractivity contribution in [3.8, 4) is 17.2 Å². The van der Waals surface area contributed by atoms with Crippen molar-refractivity contribution in [1.82, 2.24) is 0 Å². The summed E-state index contributed by atoms with van der Waals surface area (Å²) in [5.74, 6) is 1.40. The Morgan fingerprint density at radius 2 is 2.22 bits per heavy atom. The molecule has 0 unspecified atom stereocenters. The van der Waals surface area contributed by atoms with Crippen LogP contribution < -0.4 is 14.2 Å².